The number of Topliss-reactive ketones (excluding diaryl/α,β-unsaturated/α-hetero) is 1. The van der Waals surface area contributed by atoms with Crippen LogP contribution in [0.25, 0.3) is 10.8 Å². The summed E-state index contributed by atoms with van der Waals surface area (Å²) in [4.78, 5) is 25.1. The van der Waals surface area contributed by atoms with Gasteiger partial charge in [0.2, 0.25) is 0 Å². The highest BCUT2D eigenvalue weighted by Crippen LogP contribution is 2.42. The topological polar surface area (TPSA) is 69.6 Å². The van der Waals surface area contributed by atoms with Crippen LogP contribution in [0.15, 0.2) is 47.8 Å². The third-order valence-electron chi connectivity index (χ3n) is 3.97. The van der Waals surface area contributed by atoms with Crippen molar-refractivity contribution >= 4 is 33.9 Å². The van der Waals surface area contributed by atoms with E-state index >= 15 is 0 Å². The van der Waals surface area contributed by atoms with Gasteiger partial charge in [0.05, 0.1) is 11.4 Å². The average Bonchev–Trinajstić information content (AvgIpc) is 2.81. The van der Waals surface area contributed by atoms with Gasteiger partial charge in [-0.25, -0.2) is 4.79 Å². The van der Waals surface area contributed by atoms with Crippen molar-refractivity contribution in [1.29, 1.82) is 0 Å². The first-order chi connectivity index (χ1) is 10.1. The molecule has 5 nitrogen and oxygen atoms in total. The van der Waals surface area contributed by atoms with E-state index in [0.29, 0.717) is 12.4 Å². The molecule has 0 saturated heterocycles. The van der Waals surface area contributed by atoms with Gasteiger partial charge in [-0.3, -0.25) is 4.79 Å². The molecule has 0 atom stereocenters. The molecule has 0 unspecified atom stereocenters. The summed E-state index contributed by atoms with van der Waals surface area (Å²) in [6.45, 7) is 0.503. The second kappa shape index (κ2) is 4.09. The van der Waals surface area contributed by atoms with E-state index in [2.05, 4.69) is 5.32 Å². The van der Waals surface area contributed by atoms with Crippen molar-refractivity contribution in [3.63, 3.8) is 0 Å². The molecule has 0 amide bonds. The van der Waals surface area contributed by atoms with Crippen LogP contribution >= 0.6 is 0 Å². The lowest BCUT2D eigenvalue weighted by molar-refractivity contribution is -0.134. The molecular weight excluding hydrogens is 268 g/mol. The Balaban J connectivity index is 1.95. The normalized spacial score (nSPS) is 16.8. The Morgan fingerprint density at radius 2 is 1.90 bits per heavy atom. The molecule has 0 aliphatic carbocycles. The molecule has 0 fully saturated rings. The molecule has 2 aliphatic rings. The van der Waals surface area contributed by atoms with Crippen LogP contribution < -0.4 is 10.2 Å². The number of carboxylic acids is 1. The van der Waals surface area contributed by atoms with Crippen molar-refractivity contribution in [2.75, 3.05) is 16.8 Å². The molecule has 2 aromatic carbocycles. The summed E-state index contributed by atoms with van der Waals surface area (Å²) in [6, 6.07) is 12.0. The van der Waals surface area contributed by atoms with Gasteiger partial charge < -0.3 is 15.3 Å². The molecule has 0 spiro atoms. The van der Waals surface area contributed by atoms with Crippen molar-refractivity contribution < 1.29 is 14.7 Å². The molecule has 2 N–H and O–H groups in total. The van der Waals surface area contributed by atoms with Gasteiger partial charge in [-0.05, 0) is 22.9 Å². The van der Waals surface area contributed by atoms with Crippen LogP contribution in [-0.4, -0.2) is 23.4 Å². The van der Waals surface area contributed by atoms with Crippen LogP contribution in [0.4, 0.5) is 11.4 Å². The zero-order valence-electron chi connectivity index (χ0n) is 11.1. The highest BCUT2D eigenvalue weighted by Gasteiger charge is 2.36. The van der Waals surface area contributed by atoms with E-state index in [1.54, 1.807) is 0 Å². The van der Waals surface area contributed by atoms with Crippen LogP contribution in [-0.2, 0) is 9.59 Å². The maximum atomic E-state index is 11.9. The number of anilines is 2. The van der Waals surface area contributed by atoms with Crippen LogP contribution in [0.1, 0.15) is 6.42 Å². The predicted molar refractivity (Wildman–Crippen MR) is 79.2 cm³/mol. The zero-order chi connectivity index (χ0) is 14.6. The molecule has 2 heterocycles. The summed E-state index contributed by atoms with van der Waals surface area (Å²) in [5, 5.41) is 14.5. The van der Waals surface area contributed by atoms with Gasteiger partial charge in [0.25, 0.3) is 0 Å². The first-order valence-electron chi connectivity index (χ1n) is 6.73. The number of carbonyl (C=O) groups excluding carboxylic acids is 1. The summed E-state index contributed by atoms with van der Waals surface area (Å²) < 4.78 is 0. The third-order valence-corrected chi connectivity index (χ3v) is 3.97. The number of benzene rings is 2. The number of ketones is 1. The van der Waals surface area contributed by atoms with E-state index in [-0.39, 0.29) is 17.8 Å². The SMILES string of the molecule is O=C(O)C1=C2Nc3cc4ccccc4cc3N2CCC1=O. The largest absolute Gasteiger partial charge is 0.477 e. The van der Waals surface area contributed by atoms with E-state index < -0.39 is 5.97 Å². The van der Waals surface area contributed by atoms with E-state index in [9.17, 15) is 14.7 Å². The fourth-order valence-corrected chi connectivity index (χ4v) is 2.99. The average molecular weight is 280 g/mol. The number of hydrogen-bond donors (Lipinski definition) is 2. The third kappa shape index (κ3) is 1.64. The highest BCUT2D eigenvalue weighted by atomic mass is 16.4. The number of carbonyl (C=O) groups is 2. The predicted octanol–water partition coefficient (Wildman–Crippen LogP) is 2.34. The summed E-state index contributed by atoms with van der Waals surface area (Å²) >= 11 is 0. The molecule has 4 rings (SSSR count). The van der Waals surface area contributed by atoms with E-state index in [4.69, 9.17) is 0 Å². The minimum absolute atomic E-state index is 0.151. The molecule has 2 aromatic rings. The number of hydrogen-bond acceptors (Lipinski definition) is 4. The zero-order valence-corrected chi connectivity index (χ0v) is 11.1. The van der Waals surface area contributed by atoms with Gasteiger partial charge in [-0.1, -0.05) is 24.3 Å². The molecule has 104 valence electrons. The summed E-state index contributed by atoms with van der Waals surface area (Å²) in [6.07, 6.45) is 0.221. The second-order valence-electron chi connectivity index (χ2n) is 5.20. The first kappa shape index (κ1) is 12.0. The first-order valence-corrected chi connectivity index (χ1v) is 6.73. The van der Waals surface area contributed by atoms with E-state index in [1.807, 2.05) is 41.3 Å². The number of fused-ring (bicyclic) bond motifs is 4. The van der Waals surface area contributed by atoms with Gasteiger partial charge >= 0.3 is 5.97 Å². The lowest BCUT2D eigenvalue weighted by Crippen LogP contribution is -2.35. The highest BCUT2D eigenvalue weighted by molar-refractivity contribution is 6.19. The van der Waals surface area contributed by atoms with Crippen molar-refractivity contribution in [1.82, 2.24) is 0 Å². The number of nitrogens with one attached hydrogen (secondary N) is 1. The summed E-state index contributed by atoms with van der Waals surface area (Å²) in [5.74, 6) is -1.10. The molecule has 0 radical (unpaired) electrons. The van der Waals surface area contributed by atoms with Crippen molar-refractivity contribution in [2.24, 2.45) is 0 Å². The summed E-state index contributed by atoms with van der Waals surface area (Å²) in [7, 11) is 0. The van der Waals surface area contributed by atoms with Crippen LogP contribution in [0.2, 0.25) is 0 Å². The Hall–Kier alpha value is -2.82. The molecule has 0 saturated carbocycles. The molecule has 0 aromatic heterocycles. The van der Waals surface area contributed by atoms with Gasteiger partial charge in [0, 0.05) is 13.0 Å². The molecule has 21 heavy (non-hydrogen) atoms. The van der Waals surface area contributed by atoms with Crippen LogP contribution in [0.5, 0.6) is 0 Å². The van der Waals surface area contributed by atoms with Gasteiger partial charge in [0.1, 0.15) is 11.4 Å². The Morgan fingerprint density at radius 1 is 1.19 bits per heavy atom. The van der Waals surface area contributed by atoms with Crippen molar-refractivity contribution in [3.05, 3.63) is 47.8 Å². The molecule has 0 bridgehead atoms. The Kier molecular flexibility index (Phi) is 2.33. The van der Waals surface area contributed by atoms with Crippen LogP contribution in [0.3, 0.4) is 0 Å². The minimum atomic E-state index is -1.18. The lowest BCUT2D eigenvalue weighted by atomic mass is 10.0. The monoisotopic (exact) mass is 280 g/mol. The molecule has 2 aliphatic heterocycles. The quantitative estimate of drug-likeness (QED) is 0.785. The second-order valence-corrected chi connectivity index (χ2v) is 5.20. The van der Waals surface area contributed by atoms with E-state index in [0.717, 1.165) is 22.1 Å². The van der Waals surface area contributed by atoms with Gasteiger partial charge in [-0.15, -0.1) is 0 Å². The summed E-state index contributed by atoms with van der Waals surface area (Å²) in [5.41, 5.74) is 1.62. The van der Waals surface area contributed by atoms with Crippen molar-refractivity contribution in [2.45, 2.75) is 6.42 Å². The molecular formula is C16H12N2O3. The Bertz CT molecular complexity index is 839. The Morgan fingerprint density at radius 3 is 2.62 bits per heavy atom. The minimum Gasteiger partial charge on any atom is -0.477 e. The maximum absolute atomic E-state index is 11.9. The smallest absolute Gasteiger partial charge is 0.343 e. The van der Waals surface area contributed by atoms with E-state index in [1.165, 1.54) is 0 Å². The van der Waals surface area contributed by atoms with Gasteiger partial charge in [0.15, 0.2) is 5.78 Å². The fraction of sp³-hybridized carbons (Fsp3) is 0.125. The number of nitrogens with zero attached hydrogens (tertiary/aromatic N) is 1. The van der Waals surface area contributed by atoms with Gasteiger partial charge in [-0.2, -0.15) is 0 Å². The standard InChI is InChI=1S/C16H12N2O3/c19-13-5-6-18-12-8-10-4-2-1-3-9(10)7-11(12)17-15(18)14(13)16(20)21/h1-4,7-8,17H,5-6H2,(H,20,21). The molecule has 5 heteroatoms. The number of rotatable bonds is 1. The number of carboxylic acid groups (broad SMARTS) is 1. The van der Waals surface area contributed by atoms with Crippen molar-refractivity contribution in [3.8, 4) is 0 Å². The fourth-order valence-electron chi connectivity index (χ4n) is 2.99. The Labute approximate surface area is 120 Å². The number of aliphatic carboxylic acids is 1. The van der Waals surface area contributed by atoms with Crippen LogP contribution in [0, 0.1) is 0 Å². The maximum Gasteiger partial charge on any atom is 0.343 e. The lowest BCUT2D eigenvalue weighted by Gasteiger charge is -2.25.